The minimum Gasteiger partial charge on any atom is -0.450 e. The summed E-state index contributed by atoms with van der Waals surface area (Å²) in [5, 5.41) is 3.41. The Morgan fingerprint density at radius 1 is 1.04 bits per heavy atom. The van der Waals surface area contributed by atoms with Crippen molar-refractivity contribution in [1.29, 1.82) is 0 Å². The van der Waals surface area contributed by atoms with Crippen LogP contribution in [0.4, 0.5) is 4.79 Å². The predicted octanol–water partition coefficient (Wildman–Crippen LogP) is 2.47. The van der Waals surface area contributed by atoms with Crippen LogP contribution < -0.4 is 5.32 Å². The van der Waals surface area contributed by atoms with Crippen molar-refractivity contribution in [1.82, 2.24) is 20.0 Å². The lowest BCUT2D eigenvalue weighted by Gasteiger charge is -2.36. The molecule has 0 saturated carbocycles. The maximum Gasteiger partial charge on any atom is 0.409 e. The number of amides is 1. The molecule has 0 aliphatic carbocycles. The summed E-state index contributed by atoms with van der Waals surface area (Å²) < 4.78 is 5.09. The maximum atomic E-state index is 11.8. The highest BCUT2D eigenvalue weighted by Gasteiger charge is 2.24. The third kappa shape index (κ3) is 8.41. The maximum absolute atomic E-state index is 11.8. The number of halogens is 1. The molecule has 0 aromatic carbocycles. The van der Waals surface area contributed by atoms with Crippen LogP contribution in [-0.2, 0) is 4.74 Å². The number of piperidine rings is 1. The van der Waals surface area contributed by atoms with Gasteiger partial charge in [-0.3, -0.25) is 4.99 Å². The highest BCUT2D eigenvalue weighted by molar-refractivity contribution is 14.0. The molecule has 2 heterocycles. The number of hydrogen-bond acceptors (Lipinski definition) is 4. The third-order valence-electron chi connectivity index (χ3n) is 5.01. The van der Waals surface area contributed by atoms with E-state index in [1.807, 2.05) is 6.92 Å². The Morgan fingerprint density at radius 3 is 2.26 bits per heavy atom. The Labute approximate surface area is 181 Å². The molecule has 2 saturated heterocycles. The molecule has 1 N–H and O–H groups in total. The van der Waals surface area contributed by atoms with Crippen LogP contribution in [0.5, 0.6) is 0 Å². The number of nitrogens with one attached hydrogen (secondary N) is 1. The van der Waals surface area contributed by atoms with E-state index < -0.39 is 0 Å². The summed E-state index contributed by atoms with van der Waals surface area (Å²) in [6, 6.07) is 0. The van der Waals surface area contributed by atoms with E-state index in [1.54, 1.807) is 4.90 Å². The highest BCUT2D eigenvalue weighted by atomic mass is 127. The molecule has 158 valence electrons. The molecule has 0 spiro atoms. The third-order valence-corrected chi connectivity index (χ3v) is 5.01. The number of nitrogens with zero attached hydrogens (tertiary/aromatic N) is 4. The number of carbonyl (C=O) groups excluding carboxylic acids is 1. The van der Waals surface area contributed by atoms with Gasteiger partial charge < -0.3 is 24.8 Å². The van der Waals surface area contributed by atoms with E-state index in [0.29, 0.717) is 25.6 Å². The van der Waals surface area contributed by atoms with Crippen molar-refractivity contribution in [3.63, 3.8) is 0 Å². The van der Waals surface area contributed by atoms with Gasteiger partial charge in [-0.1, -0.05) is 13.3 Å². The largest absolute Gasteiger partial charge is 0.450 e. The molecular formula is C19H38IN5O2. The highest BCUT2D eigenvalue weighted by Crippen LogP contribution is 2.11. The predicted molar refractivity (Wildman–Crippen MR) is 121 cm³/mol. The van der Waals surface area contributed by atoms with Gasteiger partial charge in [-0.25, -0.2) is 4.79 Å². The fourth-order valence-electron chi connectivity index (χ4n) is 3.62. The minimum atomic E-state index is -0.204. The van der Waals surface area contributed by atoms with Gasteiger partial charge in [0, 0.05) is 45.8 Å². The normalized spacial score (nSPS) is 20.0. The van der Waals surface area contributed by atoms with Crippen molar-refractivity contribution >= 4 is 36.0 Å². The van der Waals surface area contributed by atoms with Crippen molar-refractivity contribution in [2.24, 2.45) is 10.9 Å². The average Bonchev–Trinajstić information content (AvgIpc) is 2.66. The molecule has 8 heteroatoms. The Hall–Kier alpha value is -0.770. The lowest BCUT2D eigenvalue weighted by atomic mass is 10.1. The zero-order valence-electron chi connectivity index (χ0n) is 17.3. The summed E-state index contributed by atoms with van der Waals surface area (Å²) in [7, 11) is 0. The second-order valence-corrected chi connectivity index (χ2v) is 7.33. The molecule has 27 heavy (non-hydrogen) atoms. The van der Waals surface area contributed by atoms with Crippen molar-refractivity contribution in [3.05, 3.63) is 0 Å². The zero-order valence-corrected chi connectivity index (χ0v) is 19.6. The Balaban J connectivity index is 0.00000364. The Bertz CT molecular complexity index is 449. The molecule has 0 radical (unpaired) electrons. The molecule has 0 aromatic heterocycles. The lowest BCUT2D eigenvalue weighted by Crippen LogP contribution is -2.54. The van der Waals surface area contributed by atoms with Crippen LogP contribution in [0, 0.1) is 5.92 Å². The van der Waals surface area contributed by atoms with Gasteiger partial charge in [0.2, 0.25) is 0 Å². The smallest absolute Gasteiger partial charge is 0.409 e. The fourth-order valence-corrected chi connectivity index (χ4v) is 3.62. The van der Waals surface area contributed by atoms with E-state index in [1.165, 1.54) is 32.4 Å². The number of ether oxygens (including phenoxy) is 1. The minimum absolute atomic E-state index is 0. The van der Waals surface area contributed by atoms with E-state index in [0.717, 1.165) is 38.7 Å². The average molecular weight is 495 g/mol. The second-order valence-electron chi connectivity index (χ2n) is 7.33. The molecule has 0 aromatic rings. The van der Waals surface area contributed by atoms with Crippen molar-refractivity contribution in [2.45, 2.75) is 40.0 Å². The number of likely N-dealkylation sites (tertiary alicyclic amines) is 1. The van der Waals surface area contributed by atoms with Crippen LogP contribution in [0.25, 0.3) is 0 Å². The van der Waals surface area contributed by atoms with Gasteiger partial charge in [0.25, 0.3) is 0 Å². The zero-order chi connectivity index (χ0) is 18.8. The number of guanidine groups is 1. The van der Waals surface area contributed by atoms with Crippen LogP contribution in [-0.4, -0.2) is 92.3 Å². The lowest BCUT2D eigenvalue weighted by molar-refractivity contribution is 0.0914. The van der Waals surface area contributed by atoms with Crippen LogP contribution in [0.3, 0.4) is 0 Å². The second kappa shape index (κ2) is 13.4. The Kier molecular flexibility index (Phi) is 12.1. The molecular weight excluding hydrogens is 457 g/mol. The van der Waals surface area contributed by atoms with E-state index in [2.05, 4.69) is 29.0 Å². The van der Waals surface area contributed by atoms with Gasteiger partial charge in [0.05, 0.1) is 6.61 Å². The van der Waals surface area contributed by atoms with Crippen LogP contribution in [0.15, 0.2) is 4.99 Å². The molecule has 2 aliphatic rings. The summed E-state index contributed by atoms with van der Waals surface area (Å²) in [5.74, 6) is 1.53. The molecule has 2 rings (SSSR count). The summed E-state index contributed by atoms with van der Waals surface area (Å²) >= 11 is 0. The fraction of sp³-hybridized carbons (Fsp3) is 0.895. The summed E-state index contributed by atoms with van der Waals surface area (Å²) in [6.07, 6.45) is 3.85. The van der Waals surface area contributed by atoms with E-state index in [9.17, 15) is 4.79 Å². The molecule has 1 unspecified atom stereocenters. The Morgan fingerprint density at radius 2 is 1.67 bits per heavy atom. The number of rotatable bonds is 6. The van der Waals surface area contributed by atoms with Gasteiger partial charge in [-0.15, -0.1) is 24.0 Å². The van der Waals surface area contributed by atoms with Gasteiger partial charge in [0.1, 0.15) is 0 Å². The molecule has 1 amide bonds. The first-order chi connectivity index (χ1) is 12.6. The van der Waals surface area contributed by atoms with E-state index in [-0.39, 0.29) is 30.1 Å². The number of hydrogen-bond donors (Lipinski definition) is 1. The van der Waals surface area contributed by atoms with Gasteiger partial charge in [-0.05, 0) is 45.7 Å². The van der Waals surface area contributed by atoms with E-state index in [4.69, 9.17) is 9.73 Å². The molecule has 2 fully saturated rings. The topological polar surface area (TPSA) is 60.4 Å². The molecule has 2 aliphatic heterocycles. The van der Waals surface area contributed by atoms with Crippen LogP contribution in [0.2, 0.25) is 0 Å². The molecule has 7 nitrogen and oxygen atoms in total. The summed E-state index contributed by atoms with van der Waals surface area (Å²) in [4.78, 5) is 23.3. The number of carbonyl (C=O) groups is 1. The number of piperazine rings is 1. The van der Waals surface area contributed by atoms with Crippen LogP contribution >= 0.6 is 24.0 Å². The molecule has 1 atom stereocenters. The first kappa shape index (κ1) is 24.3. The van der Waals surface area contributed by atoms with Crippen molar-refractivity contribution in [3.8, 4) is 0 Å². The first-order valence-corrected chi connectivity index (χ1v) is 10.3. The first-order valence-electron chi connectivity index (χ1n) is 10.3. The number of aliphatic imine (C=N–C) groups is 1. The van der Waals surface area contributed by atoms with Crippen LogP contribution in [0.1, 0.15) is 40.0 Å². The van der Waals surface area contributed by atoms with Crippen molar-refractivity contribution in [2.75, 3.05) is 65.5 Å². The monoisotopic (exact) mass is 495 g/mol. The SMILES string of the molecule is CCNC(=NCC(C)CN1CCCCC1)N1CCN(C(=O)OCC)CC1.I. The molecule has 0 bridgehead atoms. The standard InChI is InChI=1S/C19H37N5O2.HI/c1-4-20-18(21-15-17(3)16-22-9-7-6-8-10-22)23-11-13-24(14-12-23)19(25)26-5-2;/h17H,4-16H2,1-3H3,(H,20,21);1H. The van der Waals surface area contributed by atoms with Crippen molar-refractivity contribution < 1.29 is 9.53 Å². The summed E-state index contributed by atoms with van der Waals surface area (Å²) in [6.45, 7) is 15.0. The van der Waals surface area contributed by atoms with Gasteiger partial charge in [-0.2, -0.15) is 0 Å². The quantitative estimate of drug-likeness (QED) is 0.349. The van der Waals surface area contributed by atoms with Gasteiger partial charge >= 0.3 is 6.09 Å². The van der Waals surface area contributed by atoms with Gasteiger partial charge in [0.15, 0.2) is 5.96 Å². The van der Waals surface area contributed by atoms with E-state index >= 15 is 0 Å². The summed E-state index contributed by atoms with van der Waals surface area (Å²) in [5.41, 5.74) is 0.